The first kappa shape index (κ1) is 48.5. The Morgan fingerprint density at radius 1 is 0.705 bits per heavy atom. The van der Waals surface area contributed by atoms with Crippen molar-refractivity contribution in [1.29, 1.82) is 0 Å². The minimum absolute atomic E-state index is 0. The molecule has 6 fully saturated rings. The lowest BCUT2D eigenvalue weighted by atomic mass is 9.50. The van der Waals surface area contributed by atoms with E-state index >= 15 is 0 Å². The van der Waals surface area contributed by atoms with E-state index in [0.717, 1.165) is 117 Å². The Bertz CT molecular complexity index is 1610. The Kier molecular flexibility index (Phi) is 15.7. The zero-order chi connectivity index (χ0) is 43.0. The van der Waals surface area contributed by atoms with Gasteiger partial charge in [-0.05, 0) is 217 Å². The van der Waals surface area contributed by atoms with E-state index in [2.05, 4.69) is 53.7 Å². The van der Waals surface area contributed by atoms with E-state index in [9.17, 15) is 19.8 Å². The number of hydrogen-bond acceptors (Lipinski definition) is 6. The topological polar surface area (TPSA) is 93.1 Å². The molecule has 0 amide bonds. The van der Waals surface area contributed by atoms with E-state index in [1.165, 1.54) is 91.3 Å². The molecule has 8 aliphatic carbocycles. The molecule has 0 saturated heterocycles. The van der Waals surface area contributed by atoms with Gasteiger partial charge in [0, 0.05) is 12.5 Å². The monoisotopic (exact) mass is 847 g/mol. The summed E-state index contributed by atoms with van der Waals surface area (Å²) in [4.78, 5) is 22.9. The van der Waals surface area contributed by atoms with Gasteiger partial charge in [-0.15, -0.1) is 0 Å². The Morgan fingerprint density at radius 3 is 1.66 bits per heavy atom. The SMILES string of the molecule is C.CC[C@]1(O)CC[C@H]2C(=CC[C@@H]3[C@@H]2CC[C@]2(C)[C@@H]([C@H](C)C/C=C\C(=O)OC)CC[C@@H]32)C1.CC[C@]1(O)CC[C@H]2C(=CC[C@@H]3[C@@H]2CC[C@]2(C)[C@@H]([C@H](C)CCCC(=O)OC)CC[C@@H]32)C1. The van der Waals surface area contributed by atoms with Gasteiger partial charge in [-0.25, -0.2) is 4.79 Å². The van der Waals surface area contributed by atoms with Crippen molar-refractivity contribution in [2.75, 3.05) is 14.2 Å². The molecular formula is C55H90O6. The fraction of sp³-hybridized carbons (Fsp3) is 0.855. The maximum Gasteiger partial charge on any atom is 0.330 e. The van der Waals surface area contributed by atoms with Crippen molar-refractivity contribution in [2.24, 2.45) is 81.8 Å². The first-order chi connectivity index (χ1) is 28.6. The van der Waals surface area contributed by atoms with Gasteiger partial charge < -0.3 is 19.7 Å². The zero-order valence-corrected chi connectivity index (χ0v) is 39.3. The lowest BCUT2D eigenvalue weighted by Crippen LogP contribution is -2.48. The van der Waals surface area contributed by atoms with Crippen LogP contribution in [0, 0.1) is 81.8 Å². The van der Waals surface area contributed by atoms with E-state index in [-0.39, 0.29) is 19.4 Å². The third-order valence-corrected chi connectivity index (χ3v) is 20.3. The van der Waals surface area contributed by atoms with E-state index in [0.29, 0.717) is 29.1 Å². The molecule has 16 atom stereocenters. The van der Waals surface area contributed by atoms with Crippen LogP contribution in [-0.2, 0) is 19.1 Å². The number of methoxy groups -OCH3 is 2. The van der Waals surface area contributed by atoms with Gasteiger partial charge in [0.25, 0.3) is 0 Å². The molecule has 6 nitrogen and oxygen atoms in total. The second-order valence-corrected chi connectivity index (χ2v) is 22.7. The highest BCUT2D eigenvalue weighted by Gasteiger charge is 2.58. The smallest absolute Gasteiger partial charge is 0.330 e. The van der Waals surface area contributed by atoms with Gasteiger partial charge in [-0.3, -0.25) is 4.79 Å². The highest BCUT2D eigenvalue weighted by Crippen LogP contribution is 2.67. The van der Waals surface area contributed by atoms with E-state index < -0.39 is 11.2 Å². The van der Waals surface area contributed by atoms with Crippen molar-refractivity contribution >= 4 is 11.9 Å². The van der Waals surface area contributed by atoms with Crippen molar-refractivity contribution in [2.45, 2.75) is 201 Å². The van der Waals surface area contributed by atoms with Crippen molar-refractivity contribution in [3.63, 3.8) is 0 Å². The first-order valence-corrected chi connectivity index (χ1v) is 25.3. The first-order valence-electron chi connectivity index (χ1n) is 25.3. The summed E-state index contributed by atoms with van der Waals surface area (Å²) < 4.78 is 9.56. The molecule has 0 aliphatic heterocycles. The number of esters is 2. The predicted octanol–water partition coefficient (Wildman–Crippen LogP) is 13.0. The quantitative estimate of drug-likeness (QED) is 0.122. The van der Waals surface area contributed by atoms with Crippen LogP contribution in [0.25, 0.3) is 0 Å². The van der Waals surface area contributed by atoms with Crippen LogP contribution in [0.1, 0.15) is 190 Å². The Morgan fingerprint density at radius 2 is 1.20 bits per heavy atom. The largest absolute Gasteiger partial charge is 0.469 e. The molecule has 8 aliphatic rings. The molecule has 2 N–H and O–H groups in total. The van der Waals surface area contributed by atoms with Gasteiger partial charge in [-0.2, -0.15) is 0 Å². The standard InChI is InChI=1S/C27H44O3.C27H42O3.CH4/c2*1-5-27(29)16-14-20-19(17-27)9-10-22-21(20)13-15-26(3)23(11-12-24(22)26)18(2)7-6-8-25(28)30-4;/h9,18,20-24,29H,5-8,10-17H2,1-4H3;6,8-9,18,20-24,29H,5,7,10-17H2,1-4H3;1H4/b;8-6-;/t2*18-,20+,21-,22-,23-,24+,26-,27+;/m11./s1. The van der Waals surface area contributed by atoms with Crippen LogP contribution >= 0.6 is 0 Å². The van der Waals surface area contributed by atoms with Crippen molar-refractivity contribution < 1.29 is 29.3 Å². The van der Waals surface area contributed by atoms with Crippen LogP contribution < -0.4 is 0 Å². The van der Waals surface area contributed by atoms with Gasteiger partial charge in [0.15, 0.2) is 0 Å². The summed E-state index contributed by atoms with van der Waals surface area (Å²) in [5.41, 5.74) is 3.24. The number of aliphatic hydroxyl groups is 2. The molecule has 6 heteroatoms. The number of carbonyl (C=O) groups excluding carboxylic acids is 2. The van der Waals surface area contributed by atoms with Crippen LogP contribution in [-0.4, -0.2) is 47.6 Å². The van der Waals surface area contributed by atoms with Gasteiger partial charge in [0.1, 0.15) is 0 Å². The fourth-order valence-electron chi connectivity index (χ4n) is 16.8. The molecule has 0 bridgehead atoms. The molecular weight excluding hydrogens is 757 g/mol. The zero-order valence-electron chi connectivity index (χ0n) is 39.3. The highest BCUT2D eigenvalue weighted by atomic mass is 16.5. The van der Waals surface area contributed by atoms with Gasteiger partial charge >= 0.3 is 11.9 Å². The summed E-state index contributed by atoms with van der Waals surface area (Å²) in [6, 6.07) is 0. The van der Waals surface area contributed by atoms with E-state index in [1.807, 2.05) is 6.08 Å². The molecule has 0 heterocycles. The van der Waals surface area contributed by atoms with Crippen molar-refractivity contribution in [3.8, 4) is 0 Å². The summed E-state index contributed by atoms with van der Waals surface area (Å²) in [5.74, 6) is 9.17. The van der Waals surface area contributed by atoms with Gasteiger partial charge in [-0.1, -0.05) is 78.3 Å². The highest BCUT2D eigenvalue weighted by molar-refractivity contribution is 5.81. The third-order valence-electron chi connectivity index (χ3n) is 20.3. The van der Waals surface area contributed by atoms with Crippen LogP contribution in [0.3, 0.4) is 0 Å². The summed E-state index contributed by atoms with van der Waals surface area (Å²) in [6.45, 7) is 14.3. The fourth-order valence-corrected chi connectivity index (χ4v) is 16.8. The molecule has 0 aromatic carbocycles. The van der Waals surface area contributed by atoms with Crippen molar-refractivity contribution in [1.82, 2.24) is 0 Å². The molecule has 0 radical (unpaired) electrons. The molecule has 61 heavy (non-hydrogen) atoms. The number of allylic oxidation sites excluding steroid dienone is 3. The van der Waals surface area contributed by atoms with Gasteiger partial charge in [0.2, 0.25) is 0 Å². The number of fused-ring (bicyclic) bond motifs is 10. The average Bonchev–Trinajstić information content (AvgIpc) is 3.80. The predicted molar refractivity (Wildman–Crippen MR) is 248 cm³/mol. The van der Waals surface area contributed by atoms with E-state index in [4.69, 9.17) is 9.47 Å². The molecule has 0 aromatic rings. The minimum atomic E-state index is -0.441. The summed E-state index contributed by atoms with van der Waals surface area (Å²) in [5, 5.41) is 21.7. The second kappa shape index (κ2) is 19.7. The average molecular weight is 847 g/mol. The van der Waals surface area contributed by atoms with Crippen molar-refractivity contribution in [3.05, 3.63) is 35.5 Å². The van der Waals surface area contributed by atoms with Crippen LogP contribution in [0.4, 0.5) is 0 Å². The molecule has 8 rings (SSSR count). The molecule has 0 aromatic heterocycles. The number of rotatable bonds is 11. The number of ether oxygens (including phenoxy) is 2. The summed E-state index contributed by atoms with van der Waals surface area (Å²) in [7, 11) is 2.93. The third kappa shape index (κ3) is 9.58. The van der Waals surface area contributed by atoms with Crippen LogP contribution in [0.15, 0.2) is 35.5 Å². The Balaban J connectivity index is 0.000000201. The Labute approximate surface area is 372 Å². The minimum Gasteiger partial charge on any atom is -0.469 e. The van der Waals surface area contributed by atoms with Crippen LogP contribution in [0.5, 0.6) is 0 Å². The molecule has 0 spiro atoms. The maximum atomic E-state index is 11.5. The van der Waals surface area contributed by atoms with E-state index in [1.54, 1.807) is 17.2 Å². The summed E-state index contributed by atoms with van der Waals surface area (Å²) in [6.07, 6.45) is 33.9. The normalized spacial score (nSPS) is 43.2. The number of hydrogen-bond donors (Lipinski definition) is 2. The number of carbonyl (C=O) groups is 2. The maximum absolute atomic E-state index is 11.5. The molecule has 6 saturated carbocycles. The molecule has 0 unspecified atom stereocenters. The Hall–Kier alpha value is -1.92. The lowest BCUT2D eigenvalue weighted by molar-refractivity contribution is -0.140. The van der Waals surface area contributed by atoms with Crippen LogP contribution in [0.2, 0.25) is 0 Å². The summed E-state index contributed by atoms with van der Waals surface area (Å²) >= 11 is 0. The second-order valence-electron chi connectivity index (χ2n) is 22.7. The molecule has 346 valence electrons. The lowest BCUT2D eigenvalue weighted by Gasteiger charge is -2.55. The van der Waals surface area contributed by atoms with Gasteiger partial charge in [0.05, 0.1) is 25.4 Å².